The molecule has 0 unspecified atom stereocenters. The molecule has 0 bridgehead atoms. The number of hydrogen-bond acceptors (Lipinski definition) is 4. The molecule has 1 aromatic heterocycles. The van der Waals surface area contributed by atoms with E-state index in [4.69, 9.17) is 9.15 Å². The van der Waals surface area contributed by atoms with Crippen LogP contribution in [0.1, 0.15) is 41.1 Å². The van der Waals surface area contributed by atoms with Crippen LogP contribution in [0.5, 0.6) is 5.75 Å². The summed E-state index contributed by atoms with van der Waals surface area (Å²) in [6.45, 7) is 5.90. The van der Waals surface area contributed by atoms with Crippen molar-refractivity contribution in [1.29, 1.82) is 0 Å². The van der Waals surface area contributed by atoms with E-state index >= 15 is 0 Å². The zero-order chi connectivity index (χ0) is 19.0. The van der Waals surface area contributed by atoms with Gasteiger partial charge in [0.05, 0.1) is 7.11 Å². The van der Waals surface area contributed by atoms with Gasteiger partial charge >= 0.3 is 5.63 Å². The van der Waals surface area contributed by atoms with E-state index in [1.165, 1.54) is 11.1 Å². The number of ether oxygens (including phenoxy) is 1. The van der Waals surface area contributed by atoms with E-state index in [1.807, 2.05) is 25.1 Å². The van der Waals surface area contributed by atoms with Gasteiger partial charge in [0.15, 0.2) is 0 Å². The van der Waals surface area contributed by atoms with Crippen molar-refractivity contribution in [2.24, 2.45) is 0 Å². The Labute approximate surface area is 159 Å². The second-order valence-corrected chi connectivity index (χ2v) is 7.43. The Hall–Kier alpha value is -2.59. The summed E-state index contributed by atoms with van der Waals surface area (Å²) >= 11 is 0. The minimum atomic E-state index is -0.280. The van der Waals surface area contributed by atoms with E-state index in [0.717, 1.165) is 48.2 Å². The number of aryl methyl sites for hydroxylation is 2. The highest BCUT2D eigenvalue weighted by Crippen LogP contribution is 2.35. The second kappa shape index (κ2) is 7.20. The van der Waals surface area contributed by atoms with Crippen molar-refractivity contribution in [2.75, 3.05) is 13.7 Å². The first-order valence-corrected chi connectivity index (χ1v) is 9.47. The van der Waals surface area contributed by atoms with E-state index in [9.17, 15) is 4.79 Å². The largest absolute Gasteiger partial charge is 0.497 e. The topological polar surface area (TPSA) is 42.7 Å². The standard InChI is InChI=1S/C23H25NO3/c1-15-10-20-18(13-23(25)27-22(20)11-16(15)2)14-24-9-5-8-21(24)17-6-4-7-19(12-17)26-3/h4,6-7,10-13,21H,5,8-9,14H2,1-3H3/t21-/m0/s1. The van der Waals surface area contributed by atoms with Gasteiger partial charge in [-0.05, 0) is 79.8 Å². The second-order valence-electron chi connectivity index (χ2n) is 7.43. The fraction of sp³-hybridized carbons (Fsp3) is 0.348. The maximum absolute atomic E-state index is 12.1. The summed E-state index contributed by atoms with van der Waals surface area (Å²) in [5, 5.41) is 1.04. The maximum atomic E-state index is 12.1. The molecule has 1 fully saturated rings. The molecule has 0 radical (unpaired) electrons. The van der Waals surface area contributed by atoms with Crippen LogP contribution in [0.15, 0.2) is 51.7 Å². The highest BCUT2D eigenvalue weighted by Gasteiger charge is 2.27. The predicted molar refractivity (Wildman–Crippen MR) is 107 cm³/mol. The van der Waals surface area contributed by atoms with Crippen molar-refractivity contribution in [2.45, 2.75) is 39.3 Å². The minimum Gasteiger partial charge on any atom is -0.497 e. The predicted octanol–water partition coefficient (Wildman–Crippen LogP) is 4.76. The molecule has 1 aliphatic heterocycles. The third kappa shape index (κ3) is 3.50. The molecule has 0 aliphatic carbocycles. The third-order valence-corrected chi connectivity index (χ3v) is 5.66. The van der Waals surface area contributed by atoms with Crippen molar-refractivity contribution >= 4 is 11.0 Å². The van der Waals surface area contributed by atoms with Gasteiger partial charge in [0.25, 0.3) is 0 Å². The molecule has 1 saturated heterocycles. The molecule has 1 atom stereocenters. The molecule has 2 aromatic carbocycles. The van der Waals surface area contributed by atoms with Crippen molar-refractivity contribution in [3.63, 3.8) is 0 Å². The Morgan fingerprint density at radius 3 is 2.78 bits per heavy atom. The van der Waals surface area contributed by atoms with E-state index in [2.05, 4.69) is 30.0 Å². The smallest absolute Gasteiger partial charge is 0.336 e. The van der Waals surface area contributed by atoms with Crippen LogP contribution in [-0.2, 0) is 6.54 Å². The lowest BCUT2D eigenvalue weighted by atomic mass is 10.0. The highest BCUT2D eigenvalue weighted by atomic mass is 16.5. The fourth-order valence-corrected chi connectivity index (χ4v) is 4.07. The van der Waals surface area contributed by atoms with Gasteiger partial charge in [-0.25, -0.2) is 4.79 Å². The first-order chi connectivity index (χ1) is 13.0. The summed E-state index contributed by atoms with van der Waals surface area (Å²) in [5.74, 6) is 0.885. The number of hydrogen-bond donors (Lipinski definition) is 0. The van der Waals surface area contributed by atoms with Gasteiger partial charge in [0, 0.05) is 24.0 Å². The van der Waals surface area contributed by atoms with Gasteiger partial charge in [-0.2, -0.15) is 0 Å². The van der Waals surface area contributed by atoms with Crippen LogP contribution in [0, 0.1) is 13.8 Å². The molecule has 0 amide bonds. The number of nitrogens with zero attached hydrogens (tertiary/aromatic N) is 1. The van der Waals surface area contributed by atoms with Crippen LogP contribution >= 0.6 is 0 Å². The molecule has 4 rings (SSSR count). The fourth-order valence-electron chi connectivity index (χ4n) is 4.07. The van der Waals surface area contributed by atoms with Crippen LogP contribution in [0.25, 0.3) is 11.0 Å². The number of rotatable bonds is 4. The van der Waals surface area contributed by atoms with Crippen LogP contribution in [0.3, 0.4) is 0 Å². The quantitative estimate of drug-likeness (QED) is 0.627. The van der Waals surface area contributed by atoms with Crippen LogP contribution < -0.4 is 10.4 Å². The number of benzene rings is 2. The lowest BCUT2D eigenvalue weighted by molar-refractivity contribution is 0.248. The minimum absolute atomic E-state index is 0.280. The SMILES string of the molecule is COc1cccc([C@@H]2CCCN2Cc2cc(=O)oc3cc(C)c(C)cc23)c1. The molecule has 4 nitrogen and oxygen atoms in total. The number of fused-ring (bicyclic) bond motifs is 1. The Morgan fingerprint density at radius 2 is 1.96 bits per heavy atom. The maximum Gasteiger partial charge on any atom is 0.336 e. The molecule has 3 aromatic rings. The lowest BCUT2D eigenvalue weighted by Crippen LogP contribution is -2.23. The summed E-state index contributed by atoms with van der Waals surface area (Å²) < 4.78 is 10.8. The van der Waals surface area contributed by atoms with Crippen molar-refractivity contribution in [3.05, 3.63) is 75.1 Å². The van der Waals surface area contributed by atoms with Gasteiger partial charge in [-0.3, -0.25) is 4.90 Å². The molecule has 0 spiro atoms. The van der Waals surface area contributed by atoms with Crippen molar-refractivity contribution < 1.29 is 9.15 Å². The molecule has 0 N–H and O–H groups in total. The highest BCUT2D eigenvalue weighted by molar-refractivity contribution is 5.81. The average Bonchev–Trinajstić information content (AvgIpc) is 3.11. The van der Waals surface area contributed by atoms with Gasteiger partial charge in [0.1, 0.15) is 11.3 Å². The van der Waals surface area contributed by atoms with Gasteiger partial charge < -0.3 is 9.15 Å². The van der Waals surface area contributed by atoms with E-state index in [1.54, 1.807) is 13.2 Å². The summed E-state index contributed by atoms with van der Waals surface area (Å²) in [5.41, 5.74) is 5.06. The van der Waals surface area contributed by atoms with E-state index in [0.29, 0.717) is 11.6 Å². The average molecular weight is 363 g/mol. The Morgan fingerprint density at radius 1 is 1.15 bits per heavy atom. The zero-order valence-electron chi connectivity index (χ0n) is 16.1. The van der Waals surface area contributed by atoms with Crippen LogP contribution in [0.4, 0.5) is 0 Å². The van der Waals surface area contributed by atoms with Crippen molar-refractivity contribution in [1.82, 2.24) is 4.90 Å². The Kier molecular flexibility index (Phi) is 4.75. The molecule has 0 saturated carbocycles. The first kappa shape index (κ1) is 17.8. The number of methoxy groups -OCH3 is 1. The summed E-state index contributed by atoms with van der Waals surface area (Å²) in [6.07, 6.45) is 2.27. The van der Waals surface area contributed by atoms with E-state index in [-0.39, 0.29) is 5.63 Å². The number of likely N-dealkylation sites (tertiary alicyclic amines) is 1. The first-order valence-electron chi connectivity index (χ1n) is 9.47. The van der Waals surface area contributed by atoms with E-state index < -0.39 is 0 Å². The molecular weight excluding hydrogens is 338 g/mol. The Bertz CT molecular complexity index is 1040. The van der Waals surface area contributed by atoms with Gasteiger partial charge in [-0.15, -0.1) is 0 Å². The molecule has 2 heterocycles. The van der Waals surface area contributed by atoms with Crippen LogP contribution in [0.2, 0.25) is 0 Å². The lowest BCUT2D eigenvalue weighted by Gasteiger charge is -2.25. The van der Waals surface area contributed by atoms with Gasteiger partial charge in [-0.1, -0.05) is 12.1 Å². The molecule has 1 aliphatic rings. The van der Waals surface area contributed by atoms with Crippen molar-refractivity contribution in [3.8, 4) is 5.75 Å². The van der Waals surface area contributed by atoms with Gasteiger partial charge in [0.2, 0.25) is 0 Å². The zero-order valence-corrected chi connectivity index (χ0v) is 16.1. The summed E-state index contributed by atoms with van der Waals surface area (Å²) in [4.78, 5) is 14.6. The molecule has 140 valence electrons. The normalized spacial score (nSPS) is 17.5. The molecule has 27 heavy (non-hydrogen) atoms. The summed E-state index contributed by atoms with van der Waals surface area (Å²) in [6, 6.07) is 14.4. The molecule has 4 heteroatoms. The Balaban J connectivity index is 1.70. The molecular formula is C23H25NO3. The monoisotopic (exact) mass is 363 g/mol. The third-order valence-electron chi connectivity index (χ3n) is 5.66. The van der Waals surface area contributed by atoms with Crippen LogP contribution in [-0.4, -0.2) is 18.6 Å². The summed E-state index contributed by atoms with van der Waals surface area (Å²) in [7, 11) is 1.70.